The molecule has 258 valence electrons. The lowest BCUT2D eigenvalue weighted by Gasteiger charge is -2.48. The van der Waals surface area contributed by atoms with E-state index < -0.39 is 124 Å². The summed E-state index contributed by atoms with van der Waals surface area (Å²) in [5.41, 5.74) is -0.724. The molecule has 44 heavy (non-hydrogen) atoms. The van der Waals surface area contributed by atoms with Crippen molar-refractivity contribution >= 4 is 6.09 Å². The molecule has 0 bridgehead atoms. The first-order valence-corrected chi connectivity index (χ1v) is 14.1. The second-order valence-corrected chi connectivity index (χ2v) is 11.6. The SMILES string of the molecule is CC(C)(C)OC(=O)NCCO[C@@H]1O[C@H](CO)[C@@H](O[C@@H]2O[C@H](CO)[C@H](O)[C@H](O[C@H]3O[C@H](CO)[C@H](O)[C@H](O)[C@H]3O)[C@H]2O)[C@H](O)[C@H]1O. The third-order valence-corrected chi connectivity index (χ3v) is 7.13. The first kappa shape index (κ1) is 37.1. The number of ether oxygens (including phenoxy) is 7. The van der Waals surface area contributed by atoms with Crippen molar-refractivity contribution in [1.82, 2.24) is 5.32 Å². The molecule has 0 radical (unpaired) electrons. The highest BCUT2D eigenvalue weighted by atomic mass is 16.8. The summed E-state index contributed by atoms with van der Waals surface area (Å²) >= 11 is 0. The molecule has 19 heteroatoms. The number of nitrogens with one attached hydrogen (secondary N) is 1. The van der Waals surface area contributed by atoms with Crippen molar-refractivity contribution in [3.8, 4) is 0 Å². The second-order valence-electron chi connectivity index (χ2n) is 11.6. The van der Waals surface area contributed by atoms with E-state index in [1.807, 2.05) is 0 Å². The number of aliphatic hydroxyl groups is 10. The van der Waals surface area contributed by atoms with Gasteiger partial charge in [0.1, 0.15) is 78.8 Å². The zero-order chi connectivity index (χ0) is 32.9. The molecule has 0 saturated carbocycles. The number of amides is 1. The van der Waals surface area contributed by atoms with Crippen LogP contribution in [0.2, 0.25) is 0 Å². The summed E-state index contributed by atoms with van der Waals surface area (Å²) in [5.74, 6) is 0. The lowest BCUT2D eigenvalue weighted by atomic mass is 9.96. The van der Waals surface area contributed by atoms with E-state index in [9.17, 15) is 55.9 Å². The van der Waals surface area contributed by atoms with Crippen molar-refractivity contribution in [2.24, 2.45) is 0 Å². The summed E-state index contributed by atoms with van der Waals surface area (Å²) in [6.07, 6.45) is -25.9. The van der Waals surface area contributed by atoms with Gasteiger partial charge >= 0.3 is 6.09 Å². The van der Waals surface area contributed by atoms with E-state index >= 15 is 0 Å². The molecule has 15 atom stereocenters. The minimum absolute atomic E-state index is 0.0515. The summed E-state index contributed by atoms with van der Waals surface area (Å²) in [6, 6.07) is 0. The van der Waals surface area contributed by atoms with Crippen molar-refractivity contribution < 1.29 is 89.0 Å². The van der Waals surface area contributed by atoms with Gasteiger partial charge in [0.15, 0.2) is 18.9 Å². The minimum atomic E-state index is -1.93. The van der Waals surface area contributed by atoms with E-state index in [-0.39, 0.29) is 13.2 Å². The quantitative estimate of drug-likeness (QED) is 0.0930. The molecule has 3 aliphatic heterocycles. The van der Waals surface area contributed by atoms with E-state index in [0.717, 1.165) is 0 Å². The Labute approximate surface area is 252 Å². The Balaban J connectivity index is 1.65. The molecule has 1 amide bonds. The third kappa shape index (κ3) is 8.91. The lowest BCUT2D eigenvalue weighted by molar-refractivity contribution is -0.380. The standard InChI is InChI=1S/C25H45NO18/c1-25(2,3)44-24(37)26-4-5-38-21-17(35)15(33)19(11(8-29)41-21)42-23-18(36)20(13(31)10(7-28)40-23)43-22-16(34)14(32)12(30)9(6-27)39-22/h9-23,27-36H,4-8H2,1-3H3,(H,26,37)/t9-,10-,11-,12+,13+,14+,15-,16-,17-,18-,19-,20+,21-,22-,23+/m1/s1. The van der Waals surface area contributed by atoms with Crippen LogP contribution in [0.1, 0.15) is 20.8 Å². The molecule has 0 aromatic rings. The van der Waals surface area contributed by atoms with Gasteiger partial charge in [-0.05, 0) is 20.8 Å². The van der Waals surface area contributed by atoms with E-state index in [4.69, 9.17) is 33.2 Å². The molecule has 0 unspecified atom stereocenters. The zero-order valence-electron chi connectivity index (χ0n) is 24.4. The summed E-state index contributed by atoms with van der Waals surface area (Å²) in [5, 5.41) is 105. The molecular weight excluding hydrogens is 602 g/mol. The van der Waals surface area contributed by atoms with Crippen LogP contribution in [-0.4, -0.2) is 188 Å². The highest BCUT2D eigenvalue weighted by molar-refractivity contribution is 5.67. The average Bonchev–Trinajstić information content (AvgIpc) is 2.96. The fourth-order valence-corrected chi connectivity index (χ4v) is 4.82. The predicted molar refractivity (Wildman–Crippen MR) is 139 cm³/mol. The summed E-state index contributed by atoms with van der Waals surface area (Å²) in [6.45, 7) is 2.43. The van der Waals surface area contributed by atoms with Crippen LogP contribution >= 0.6 is 0 Å². The third-order valence-electron chi connectivity index (χ3n) is 7.13. The zero-order valence-corrected chi connectivity index (χ0v) is 24.4. The maximum atomic E-state index is 11.8. The molecule has 19 nitrogen and oxygen atoms in total. The number of carbonyl (C=O) groups excluding carboxylic acids is 1. The van der Waals surface area contributed by atoms with E-state index in [1.165, 1.54) is 0 Å². The average molecular weight is 648 g/mol. The van der Waals surface area contributed by atoms with Crippen LogP contribution in [-0.2, 0) is 33.2 Å². The van der Waals surface area contributed by atoms with Gasteiger partial charge in [0.05, 0.1) is 26.4 Å². The van der Waals surface area contributed by atoms with Crippen LogP contribution < -0.4 is 5.32 Å². The number of alkyl carbamates (subject to hydrolysis) is 1. The topological polar surface area (TPSA) is 296 Å². The minimum Gasteiger partial charge on any atom is -0.444 e. The smallest absolute Gasteiger partial charge is 0.407 e. The molecule has 3 heterocycles. The Morgan fingerprint density at radius 2 is 1.14 bits per heavy atom. The molecule has 11 N–H and O–H groups in total. The van der Waals surface area contributed by atoms with Crippen LogP contribution in [0.3, 0.4) is 0 Å². The molecular formula is C25H45NO18. The largest absolute Gasteiger partial charge is 0.444 e. The molecule has 3 saturated heterocycles. The van der Waals surface area contributed by atoms with Gasteiger partial charge in [-0.15, -0.1) is 0 Å². The van der Waals surface area contributed by atoms with Gasteiger partial charge in [-0.2, -0.15) is 0 Å². The van der Waals surface area contributed by atoms with Gasteiger partial charge in [-0.25, -0.2) is 4.79 Å². The van der Waals surface area contributed by atoms with Crippen molar-refractivity contribution in [3.63, 3.8) is 0 Å². The van der Waals surface area contributed by atoms with Gasteiger partial charge in [-0.1, -0.05) is 0 Å². The number of aliphatic hydroxyl groups excluding tert-OH is 10. The maximum Gasteiger partial charge on any atom is 0.407 e. The van der Waals surface area contributed by atoms with Gasteiger partial charge < -0.3 is 89.5 Å². The number of rotatable bonds is 11. The normalized spacial score (nSPS) is 43.4. The molecule has 0 aliphatic carbocycles. The number of hydrogen-bond acceptors (Lipinski definition) is 18. The van der Waals surface area contributed by atoms with Gasteiger partial charge in [0.2, 0.25) is 0 Å². The van der Waals surface area contributed by atoms with Gasteiger partial charge in [-0.3, -0.25) is 0 Å². The lowest BCUT2D eigenvalue weighted by Crippen LogP contribution is -2.66. The highest BCUT2D eigenvalue weighted by Gasteiger charge is 2.53. The van der Waals surface area contributed by atoms with Crippen LogP contribution in [0, 0.1) is 0 Å². The van der Waals surface area contributed by atoms with E-state index in [0.29, 0.717) is 0 Å². The van der Waals surface area contributed by atoms with Crippen molar-refractivity contribution in [1.29, 1.82) is 0 Å². The fraction of sp³-hybridized carbons (Fsp3) is 0.960. The molecule has 0 spiro atoms. The van der Waals surface area contributed by atoms with Crippen molar-refractivity contribution in [2.75, 3.05) is 33.0 Å². The second kappa shape index (κ2) is 16.0. The Morgan fingerprint density at radius 3 is 1.70 bits per heavy atom. The Morgan fingerprint density at radius 1 is 0.636 bits per heavy atom. The van der Waals surface area contributed by atoms with Crippen LogP contribution in [0.25, 0.3) is 0 Å². The summed E-state index contributed by atoms with van der Waals surface area (Å²) in [7, 11) is 0. The Hall–Kier alpha value is -1.37. The van der Waals surface area contributed by atoms with Crippen LogP contribution in [0.15, 0.2) is 0 Å². The molecule has 0 aromatic heterocycles. The van der Waals surface area contributed by atoms with Crippen molar-refractivity contribution in [3.05, 3.63) is 0 Å². The Bertz CT molecular complexity index is 890. The Kier molecular flexibility index (Phi) is 13.4. The molecule has 3 aliphatic rings. The summed E-state index contributed by atoms with van der Waals surface area (Å²) < 4.78 is 37.9. The highest BCUT2D eigenvalue weighted by Crippen LogP contribution is 2.32. The van der Waals surface area contributed by atoms with Crippen LogP contribution in [0.4, 0.5) is 4.79 Å². The van der Waals surface area contributed by atoms with E-state index in [1.54, 1.807) is 20.8 Å². The monoisotopic (exact) mass is 647 g/mol. The number of hydrogen-bond donors (Lipinski definition) is 11. The first-order chi connectivity index (χ1) is 20.6. The maximum absolute atomic E-state index is 11.8. The molecule has 3 fully saturated rings. The van der Waals surface area contributed by atoms with Gasteiger partial charge in [0, 0.05) is 6.54 Å². The molecule has 3 rings (SSSR count). The van der Waals surface area contributed by atoms with Crippen molar-refractivity contribution in [2.45, 2.75) is 118 Å². The molecule has 0 aromatic carbocycles. The van der Waals surface area contributed by atoms with Gasteiger partial charge in [0.25, 0.3) is 0 Å². The number of carbonyl (C=O) groups is 1. The first-order valence-electron chi connectivity index (χ1n) is 14.1. The van der Waals surface area contributed by atoms with E-state index in [2.05, 4.69) is 5.32 Å². The fourth-order valence-electron chi connectivity index (χ4n) is 4.82. The summed E-state index contributed by atoms with van der Waals surface area (Å²) in [4.78, 5) is 11.8. The van der Waals surface area contributed by atoms with Crippen LogP contribution in [0.5, 0.6) is 0 Å². The predicted octanol–water partition coefficient (Wildman–Crippen LogP) is -6.02.